The van der Waals surface area contributed by atoms with Crippen LogP contribution in [0.25, 0.3) is 0 Å². The van der Waals surface area contributed by atoms with Crippen molar-refractivity contribution in [3.05, 3.63) is 24.0 Å². The fourth-order valence-electron chi connectivity index (χ4n) is 2.96. The maximum absolute atomic E-state index is 4.03. The van der Waals surface area contributed by atoms with Crippen molar-refractivity contribution in [3.63, 3.8) is 0 Å². The van der Waals surface area contributed by atoms with Gasteiger partial charge in [-0.3, -0.25) is 0 Å². The average molecular weight is 247 g/mol. The molecule has 1 aromatic heterocycles. The molecule has 1 unspecified atom stereocenters. The first-order chi connectivity index (χ1) is 8.81. The van der Waals surface area contributed by atoms with Crippen LogP contribution in [-0.4, -0.2) is 16.7 Å². The first-order valence-electron chi connectivity index (χ1n) is 7.31. The van der Waals surface area contributed by atoms with Crippen molar-refractivity contribution in [1.82, 2.24) is 15.5 Å². The zero-order chi connectivity index (χ0) is 12.8. The van der Waals surface area contributed by atoms with E-state index in [4.69, 9.17) is 0 Å². The molecule has 0 radical (unpaired) electrons. The van der Waals surface area contributed by atoms with Crippen molar-refractivity contribution in [1.29, 1.82) is 0 Å². The van der Waals surface area contributed by atoms with E-state index >= 15 is 0 Å². The van der Waals surface area contributed by atoms with E-state index in [9.17, 15) is 0 Å². The summed E-state index contributed by atoms with van der Waals surface area (Å²) in [5, 5.41) is 11.6. The summed E-state index contributed by atoms with van der Waals surface area (Å²) in [7, 11) is 0. The molecule has 1 fully saturated rings. The fraction of sp³-hybridized carbons (Fsp3) is 0.733. The Balaban J connectivity index is 2.05. The highest BCUT2D eigenvalue weighted by atomic mass is 15.1. The Morgan fingerprint density at radius 2 is 2.06 bits per heavy atom. The van der Waals surface area contributed by atoms with Crippen molar-refractivity contribution in [2.45, 2.75) is 52.0 Å². The summed E-state index contributed by atoms with van der Waals surface area (Å²) in [5.41, 5.74) is 1.30. The van der Waals surface area contributed by atoms with E-state index in [1.54, 1.807) is 6.20 Å². The van der Waals surface area contributed by atoms with Gasteiger partial charge in [0.1, 0.15) is 0 Å². The molecule has 3 nitrogen and oxygen atoms in total. The largest absolute Gasteiger partial charge is 0.310 e. The van der Waals surface area contributed by atoms with Gasteiger partial charge in [0.25, 0.3) is 0 Å². The Hall–Kier alpha value is -0.960. The van der Waals surface area contributed by atoms with Gasteiger partial charge in [0.05, 0.1) is 6.20 Å². The first-order valence-corrected chi connectivity index (χ1v) is 7.31. The second kappa shape index (κ2) is 6.83. The Morgan fingerprint density at radius 3 is 2.67 bits per heavy atom. The molecule has 1 atom stereocenters. The predicted molar refractivity (Wildman–Crippen MR) is 74.2 cm³/mol. The zero-order valence-corrected chi connectivity index (χ0v) is 11.6. The summed E-state index contributed by atoms with van der Waals surface area (Å²) in [6, 6.07) is 2.58. The van der Waals surface area contributed by atoms with Gasteiger partial charge in [-0.05, 0) is 49.3 Å². The van der Waals surface area contributed by atoms with Crippen LogP contribution in [0.1, 0.15) is 57.6 Å². The molecule has 0 amide bonds. The highest BCUT2D eigenvalue weighted by Crippen LogP contribution is 2.36. The lowest BCUT2D eigenvalue weighted by atomic mass is 9.77. The molecule has 1 aliphatic rings. The predicted octanol–water partition coefficient (Wildman–Crippen LogP) is 3.34. The number of nitrogens with one attached hydrogen (secondary N) is 1. The van der Waals surface area contributed by atoms with Gasteiger partial charge in [-0.2, -0.15) is 10.2 Å². The van der Waals surface area contributed by atoms with Crippen LogP contribution in [0.5, 0.6) is 0 Å². The summed E-state index contributed by atoms with van der Waals surface area (Å²) in [6.45, 7) is 5.68. The summed E-state index contributed by atoms with van der Waals surface area (Å²) in [4.78, 5) is 0. The van der Waals surface area contributed by atoms with Gasteiger partial charge in [-0.15, -0.1) is 0 Å². The number of aromatic nitrogens is 2. The number of hydrogen-bond donors (Lipinski definition) is 1. The molecular formula is C15H25N3. The monoisotopic (exact) mass is 247 g/mol. The standard InChI is InChI=1S/C15H25N3/c1-3-9-16-15(14-8-10-17-18-11-14)13-6-4-12(2)5-7-13/h8,10-13,15-16H,3-7,9H2,1-2H3. The van der Waals surface area contributed by atoms with E-state index in [1.165, 1.54) is 37.7 Å². The van der Waals surface area contributed by atoms with E-state index < -0.39 is 0 Å². The Kier molecular flexibility index (Phi) is 5.12. The van der Waals surface area contributed by atoms with E-state index in [1.807, 2.05) is 6.20 Å². The topological polar surface area (TPSA) is 37.8 Å². The highest BCUT2D eigenvalue weighted by molar-refractivity contribution is 5.13. The van der Waals surface area contributed by atoms with Crippen LogP contribution in [0, 0.1) is 11.8 Å². The van der Waals surface area contributed by atoms with Gasteiger partial charge in [0.15, 0.2) is 0 Å². The lowest BCUT2D eigenvalue weighted by molar-refractivity contribution is 0.231. The van der Waals surface area contributed by atoms with E-state index in [2.05, 4.69) is 35.4 Å². The van der Waals surface area contributed by atoms with Gasteiger partial charge in [0.2, 0.25) is 0 Å². The minimum atomic E-state index is 0.466. The van der Waals surface area contributed by atoms with Crippen LogP contribution in [0.3, 0.4) is 0 Å². The molecular weight excluding hydrogens is 222 g/mol. The quantitative estimate of drug-likeness (QED) is 0.867. The third-order valence-corrected chi connectivity index (χ3v) is 4.11. The van der Waals surface area contributed by atoms with Crippen molar-refractivity contribution in [2.24, 2.45) is 11.8 Å². The average Bonchev–Trinajstić information content (AvgIpc) is 2.42. The zero-order valence-electron chi connectivity index (χ0n) is 11.6. The van der Waals surface area contributed by atoms with E-state index in [0.717, 1.165) is 18.4 Å². The Labute approximate surface area is 110 Å². The SMILES string of the molecule is CCCNC(c1ccnnc1)C1CCC(C)CC1. The lowest BCUT2D eigenvalue weighted by Crippen LogP contribution is -2.31. The molecule has 1 aliphatic carbocycles. The molecule has 1 saturated carbocycles. The maximum atomic E-state index is 4.03. The molecule has 1 aromatic rings. The minimum absolute atomic E-state index is 0.466. The summed E-state index contributed by atoms with van der Waals surface area (Å²) < 4.78 is 0. The van der Waals surface area contributed by atoms with Gasteiger partial charge in [-0.1, -0.05) is 26.7 Å². The molecule has 0 saturated heterocycles. The lowest BCUT2D eigenvalue weighted by Gasteiger charge is -2.33. The van der Waals surface area contributed by atoms with Gasteiger partial charge < -0.3 is 5.32 Å². The molecule has 3 heteroatoms. The van der Waals surface area contributed by atoms with Crippen LogP contribution < -0.4 is 5.32 Å². The molecule has 0 spiro atoms. The number of nitrogens with zero attached hydrogens (tertiary/aromatic N) is 2. The first kappa shape index (κ1) is 13.5. The van der Waals surface area contributed by atoms with Crippen molar-refractivity contribution >= 4 is 0 Å². The second-order valence-electron chi connectivity index (χ2n) is 5.63. The van der Waals surface area contributed by atoms with Crippen LogP contribution in [0.4, 0.5) is 0 Å². The summed E-state index contributed by atoms with van der Waals surface area (Å²) in [6.07, 6.45) is 10.3. The van der Waals surface area contributed by atoms with Crippen molar-refractivity contribution in [2.75, 3.05) is 6.54 Å². The second-order valence-corrected chi connectivity index (χ2v) is 5.63. The number of hydrogen-bond acceptors (Lipinski definition) is 3. The Bertz CT molecular complexity index is 331. The summed E-state index contributed by atoms with van der Waals surface area (Å²) in [5.74, 6) is 1.67. The number of rotatable bonds is 5. The molecule has 2 rings (SSSR count). The highest BCUT2D eigenvalue weighted by Gasteiger charge is 2.26. The Morgan fingerprint density at radius 1 is 1.28 bits per heavy atom. The fourth-order valence-corrected chi connectivity index (χ4v) is 2.96. The third-order valence-electron chi connectivity index (χ3n) is 4.11. The molecule has 1 N–H and O–H groups in total. The van der Waals surface area contributed by atoms with Crippen LogP contribution in [0.2, 0.25) is 0 Å². The van der Waals surface area contributed by atoms with Gasteiger partial charge >= 0.3 is 0 Å². The van der Waals surface area contributed by atoms with Crippen LogP contribution in [-0.2, 0) is 0 Å². The van der Waals surface area contributed by atoms with Crippen LogP contribution >= 0.6 is 0 Å². The molecule has 1 heterocycles. The van der Waals surface area contributed by atoms with E-state index in [0.29, 0.717) is 6.04 Å². The molecule has 100 valence electrons. The third kappa shape index (κ3) is 3.52. The minimum Gasteiger partial charge on any atom is -0.310 e. The van der Waals surface area contributed by atoms with E-state index in [-0.39, 0.29) is 0 Å². The maximum Gasteiger partial charge on any atom is 0.0544 e. The van der Waals surface area contributed by atoms with Gasteiger partial charge in [0, 0.05) is 12.2 Å². The summed E-state index contributed by atoms with van der Waals surface area (Å²) >= 11 is 0. The smallest absolute Gasteiger partial charge is 0.0544 e. The van der Waals surface area contributed by atoms with Gasteiger partial charge in [-0.25, -0.2) is 0 Å². The molecule has 0 aromatic carbocycles. The molecule has 0 aliphatic heterocycles. The molecule has 0 bridgehead atoms. The molecule has 18 heavy (non-hydrogen) atoms. The normalized spacial score (nSPS) is 25.9. The van der Waals surface area contributed by atoms with Crippen LogP contribution in [0.15, 0.2) is 18.5 Å². The van der Waals surface area contributed by atoms with Crippen molar-refractivity contribution < 1.29 is 0 Å². The van der Waals surface area contributed by atoms with Crippen molar-refractivity contribution in [3.8, 4) is 0 Å².